The maximum atomic E-state index is 5.88. The highest BCUT2D eigenvalue weighted by atomic mass is 16.5. The molecule has 2 atom stereocenters. The Hall–Kier alpha value is -1.64. The van der Waals surface area contributed by atoms with Crippen LogP contribution < -0.4 is 22.3 Å². The Morgan fingerprint density at radius 2 is 2.25 bits per heavy atom. The van der Waals surface area contributed by atoms with E-state index < -0.39 is 0 Å². The van der Waals surface area contributed by atoms with Crippen molar-refractivity contribution in [3.05, 3.63) is 6.07 Å². The highest BCUT2D eigenvalue weighted by Crippen LogP contribution is 2.22. The van der Waals surface area contributed by atoms with Crippen LogP contribution in [-0.4, -0.2) is 53.3 Å². The number of fused-ring (bicyclic) bond motifs is 1. The van der Waals surface area contributed by atoms with E-state index in [-0.39, 0.29) is 12.1 Å². The summed E-state index contributed by atoms with van der Waals surface area (Å²) in [6.07, 6.45) is 2.71. The second kappa shape index (κ2) is 5.78. The summed E-state index contributed by atoms with van der Waals surface area (Å²) in [4.78, 5) is 10.6. The van der Waals surface area contributed by atoms with Crippen molar-refractivity contribution in [3.63, 3.8) is 0 Å². The van der Waals surface area contributed by atoms with Gasteiger partial charge in [-0.1, -0.05) is 0 Å². The summed E-state index contributed by atoms with van der Waals surface area (Å²) in [5.74, 6) is 6.66. The fourth-order valence-electron chi connectivity index (χ4n) is 2.86. The van der Waals surface area contributed by atoms with Gasteiger partial charge in [0.25, 0.3) is 0 Å². The van der Waals surface area contributed by atoms with Gasteiger partial charge in [0.1, 0.15) is 11.6 Å². The van der Waals surface area contributed by atoms with Crippen LogP contribution in [-0.2, 0) is 4.74 Å². The van der Waals surface area contributed by atoms with E-state index in [0.717, 1.165) is 13.2 Å². The zero-order valence-corrected chi connectivity index (χ0v) is 11.4. The number of aromatic nitrogens is 2. The molecule has 8 heteroatoms. The Labute approximate surface area is 117 Å². The number of hydrogen-bond donors (Lipinski definition) is 4. The molecule has 8 nitrogen and oxygen atoms in total. The summed E-state index contributed by atoms with van der Waals surface area (Å²) < 4.78 is 5.88. The first kappa shape index (κ1) is 13.3. The molecule has 2 saturated heterocycles. The molecule has 3 rings (SSSR count). The molecule has 0 radical (unpaired) electrons. The van der Waals surface area contributed by atoms with E-state index in [2.05, 4.69) is 25.6 Å². The standard InChI is InChI=1S/C12H21N7O/c13-12-16-10(4-11(17-12)18-14)15-5-9-6-19-3-1-2-8(19)7-20-9/h4,8-9H,1-3,5-7,14H2,(H4,13,15,16,17,18). The topological polar surface area (TPSA) is 114 Å². The van der Waals surface area contributed by atoms with Gasteiger partial charge >= 0.3 is 0 Å². The van der Waals surface area contributed by atoms with Crippen molar-refractivity contribution in [1.82, 2.24) is 14.9 Å². The van der Waals surface area contributed by atoms with E-state index >= 15 is 0 Å². The molecule has 2 aliphatic heterocycles. The molecule has 1 aromatic rings. The summed E-state index contributed by atoms with van der Waals surface area (Å²) in [7, 11) is 0. The fraction of sp³-hybridized carbons (Fsp3) is 0.667. The monoisotopic (exact) mass is 279 g/mol. The van der Waals surface area contributed by atoms with Gasteiger partial charge in [0.15, 0.2) is 0 Å². The third-order valence-corrected chi connectivity index (χ3v) is 3.86. The van der Waals surface area contributed by atoms with Crippen LogP contribution in [0.3, 0.4) is 0 Å². The number of nitrogens with zero attached hydrogens (tertiary/aromatic N) is 3. The number of nitrogen functional groups attached to an aromatic ring is 2. The van der Waals surface area contributed by atoms with Crippen LogP contribution in [0.25, 0.3) is 0 Å². The highest BCUT2D eigenvalue weighted by molar-refractivity contribution is 5.50. The minimum Gasteiger partial charge on any atom is -0.373 e. The number of ether oxygens (including phenoxy) is 1. The smallest absolute Gasteiger partial charge is 0.223 e. The zero-order valence-electron chi connectivity index (χ0n) is 11.4. The molecule has 6 N–H and O–H groups in total. The molecular weight excluding hydrogens is 258 g/mol. The molecule has 2 unspecified atom stereocenters. The first-order chi connectivity index (χ1) is 9.74. The van der Waals surface area contributed by atoms with Crippen molar-refractivity contribution < 1.29 is 4.74 Å². The van der Waals surface area contributed by atoms with Crippen LogP contribution in [0.2, 0.25) is 0 Å². The van der Waals surface area contributed by atoms with Crippen LogP contribution in [0, 0.1) is 0 Å². The lowest BCUT2D eigenvalue weighted by Crippen LogP contribution is -2.48. The largest absolute Gasteiger partial charge is 0.373 e. The van der Waals surface area contributed by atoms with E-state index in [0.29, 0.717) is 24.2 Å². The quantitative estimate of drug-likeness (QED) is 0.435. The van der Waals surface area contributed by atoms with Crippen LogP contribution in [0.4, 0.5) is 17.6 Å². The maximum absolute atomic E-state index is 5.88. The lowest BCUT2D eigenvalue weighted by atomic mass is 10.2. The van der Waals surface area contributed by atoms with E-state index in [4.69, 9.17) is 16.3 Å². The summed E-state index contributed by atoms with van der Waals surface area (Å²) in [6, 6.07) is 2.34. The van der Waals surface area contributed by atoms with Gasteiger partial charge in [0.2, 0.25) is 5.95 Å². The van der Waals surface area contributed by atoms with Crippen LogP contribution >= 0.6 is 0 Å². The van der Waals surface area contributed by atoms with E-state index in [1.807, 2.05) is 0 Å². The van der Waals surface area contributed by atoms with Gasteiger partial charge in [-0.3, -0.25) is 4.90 Å². The van der Waals surface area contributed by atoms with Gasteiger partial charge in [-0.25, -0.2) is 5.84 Å². The first-order valence-electron chi connectivity index (χ1n) is 6.95. The van der Waals surface area contributed by atoms with Gasteiger partial charge in [0.05, 0.1) is 12.7 Å². The summed E-state index contributed by atoms with van der Waals surface area (Å²) in [6.45, 7) is 3.68. The number of hydrazine groups is 1. The molecule has 0 spiro atoms. The van der Waals surface area contributed by atoms with Crippen LogP contribution in [0.5, 0.6) is 0 Å². The Balaban J connectivity index is 1.55. The van der Waals surface area contributed by atoms with Crippen molar-refractivity contribution in [3.8, 4) is 0 Å². The Morgan fingerprint density at radius 3 is 3.10 bits per heavy atom. The molecule has 20 heavy (non-hydrogen) atoms. The molecule has 0 bridgehead atoms. The molecule has 0 saturated carbocycles. The lowest BCUT2D eigenvalue weighted by molar-refractivity contribution is -0.0416. The molecule has 1 aromatic heterocycles. The molecule has 110 valence electrons. The van der Waals surface area contributed by atoms with E-state index in [9.17, 15) is 0 Å². The van der Waals surface area contributed by atoms with E-state index in [1.165, 1.54) is 19.4 Å². The second-order valence-corrected chi connectivity index (χ2v) is 5.27. The minimum absolute atomic E-state index is 0.176. The number of nitrogens with one attached hydrogen (secondary N) is 2. The van der Waals surface area contributed by atoms with Gasteiger partial charge in [-0.2, -0.15) is 9.97 Å². The molecule has 0 amide bonds. The Bertz CT molecular complexity index is 469. The average molecular weight is 279 g/mol. The summed E-state index contributed by atoms with van der Waals surface area (Å²) in [5, 5.41) is 3.23. The second-order valence-electron chi connectivity index (χ2n) is 5.27. The first-order valence-corrected chi connectivity index (χ1v) is 6.95. The number of nitrogens with two attached hydrogens (primary N) is 2. The van der Waals surface area contributed by atoms with Crippen molar-refractivity contribution in [2.45, 2.75) is 25.0 Å². The molecule has 0 aliphatic carbocycles. The maximum Gasteiger partial charge on any atom is 0.223 e. The lowest BCUT2D eigenvalue weighted by Gasteiger charge is -2.35. The average Bonchev–Trinajstić information content (AvgIpc) is 2.92. The van der Waals surface area contributed by atoms with Crippen molar-refractivity contribution in [2.24, 2.45) is 5.84 Å². The summed E-state index contributed by atoms with van der Waals surface area (Å²) >= 11 is 0. The van der Waals surface area contributed by atoms with Gasteiger partial charge in [-0.15, -0.1) is 0 Å². The Kier molecular flexibility index (Phi) is 3.86. The molecular formula is C12H21N7O. The molecule has 2 aliphatic rings. The highest BCUT2D eigenvalue weighted by Gasteiger charge is 2.31. The van der Waals surface area contributed by atoms with Gasteiger partial charge in [-0.05, 0) is 19.4 Å². The van der Waals surface area contributed by atoms with Crippen molar-refractivity contribution >= 4 is 17.6 Å². The number of hydrogen-bond acceptors (Lipinski definition) is 8. The zero-order chi connectivity index (χ0) is 13.9. The summed E-state index contributed by atoms with van der Waals surface area (Å²) in [5.41, 5.74) is 8.08. The number of morpholine rings is 1. The predicted octanol–water partition coefficient (Wildman–Crippen LogP) is -0.380. The van der Waals surface area contributed by atoms with E-state index in [1.54, 1.807) is 6.07 Å². The molecule has 3 heterocycles. The molecule has 2 fully saturated rings. The van der Waals surface area contributed by atoms with Crippen LogP contribution in [0.1, 0.15) is 12.8 Å². The number of anilines is 3. The van der Waals surface area contributed by atoms with Gasteiger partial charge in [0, 0.05) is 25.2 Å². The van der Waals surface area contributed by atoms with Crippen LogP contribution in [0.15, 0.2) is 6.07 Å². The number of rotatable bonds is 4. The third-order valence-electron chi connectivity index (χ3n) is 3.86. The fourth-order valence-corrected chi connectivity index (χ4v) is 2.86. The molecule has 0 aromatic carbocycles. The Morgan fingerprint density at radius 1 is 1.40 bits per heavy atom. The SMILES string of the molecule is NNc1cc(NCC2CN3CCCC3CO2)nc(N)n1. The predicted molar refractivity (Wildman–Crippen MR) is 77.1 cm³/mol. The van der Waals surface area contributed by atoms with Crippen molar-refractivity contribution in [2.75, 3.05) is 42.7 Å². The minimum atomic E-state index is 0.176. The third kappa shape index (κ3) is 2.92. The van der Waals surface area contributed by atoms with Gasteiger partial charge < -0.3 is 21.2 Å². The van der Waals surface area contributed by atoms with Crippen molar-refractivity contribution in [1.29, 1.82) is 0 Å². The normalized spacial score (nSPS) is 26.2.